The number of ether oxygens (including phenoxy) is 1. The van der Waals surface area contributed by atoms with E-state index in [4.69, 9.17) is 10.00 Å². The number of amides is 1. The normalized spacial score (nSPS) is 9.47. The predicted octanol–water partition coefficient (Wildman–Crippen LogP) is -0.323. The molecule has 6 nitrogen and oxygen atoms in total. The van der Waals surface area contributed by atoms with Gasteiger partial charge in [0, 0.05) is 6.54 Å². The SMILES string of the molecule is C=CCN(CC(=O)NCC#N)CC(=O)OCC. The molecule has 0 bridgehead atoms. The summed E-state index contributed by atoms with van der Waals surface area (Å²) in [6.07, 6.45) is 1.59. The summed E-state index contributed by atoms with van der Waals surface area (Å²) in [5.74, 6) is -0.694. The van der Waals surface area contributed by atoms with Crippen molar-refractivity contribution < 1.29 is 14.3 Å². The average Bonchev–Trinajstić information content (AvgIpc) is 2.27. The van der Waals surface area contributed by atoms with Crippen molar-refractivity contribution in [3.05, 3.63) is 12.7 Å². The van der Waals surface area contributed by atoms with Crippen molar-refractivity contribution in [1.29, 1.82) is 5.26 Å². The van der Waals surface area contributed by atoms with Gasteiger partial charge in [0.2, 0.25) is 5.91 Å². The van der Waals surface area contributed by atoms with E-state index in [9.17, 15) is 9.59 Å². The largest absolute Gasteiger partial charge is 0.465 e. The Hall–Kier alpha value is -1.87. The molecule has 0 aromatic rings. The molecule has 0 aliphatic carbocycles. The molecule has 0 aromatic heterocycles. The smallest absolute Gasteiger partial charge is 0.320 e. The first kappa shape index (κ1) is 15.1. The first-order valence-electron chi connectivity index (χ1n) is 5.26. The molecule has 0 aliphatic heterocycles. The van der Waals surface area contributed by atoms with Gasteiger partial charge in [0.25, 0.3) is 0 Å². The van der Waals surface area contributed by atoms with Crippen LogP contribution in [0.2, 0.25) is 0 Å². The lowest BCUT2D eigenvalue weighted by Gasteiger charge is -2.18. The fraction of sp³-hybridized carbons (Fsp3) is 0.545. The third kappa shape index (κ3) is 7.99. The minimum Gasteiger partial charge on any atom is -0.465 e. The second kappa shape index (κ2) is 9.36. The molecule has 0 spiro atoms. The Labute approximate surface area is 101 Å². The van der Waals surface area contributed by atoms with Gasteiger partial charge in [0.15, 0.2) is 0 Å². The Morgan fingerprint density at radius 2 is 2.24 bits per heavy atom. The van der Waals surface area contributed by atoms with Gasteiger partial charge >= 0.3 is 5.97 Å². The van der Waals surface area contributed by atoms with Crippen LogP contribution in [0.25, 0.3) is 0 Å². The maximum atomic E-state index is 11.3. The maximum absolute atomic E-state index is 11.3. The molecule has 94 valence electrons. The highest BCUT2D eigenvalue weighted by atomic mass is 16.5. The van der Waals surface area contributed by atoms with E-state index >= 15 is 0 Å². The van der Waals surface area contributed by atoms with Gasteiger partial charge in [0.05, 0.1) is 25.8 Å². The number of carbonyl (C=O) groups excluding carboxylic acids is 2. The fourth-order valence-corrected chi connectivity index (χ4v) is 1.15. The first-order valence-corrected chi connectivity index (χ1v) is 5.26. The van der Waals surface area contributed by atoms with E-state index in [0.717, 1.165) is 0 Å². The number of rotatable bonds is 8. The van der Waals surface area contributed by atoms with Crippen LogP contribution in [0.15, 0.2) is 12.7 Å². The summed E-state index contributed by atoms with van der Waals surface area (Å²) >= 11 is 0. The molecule has 1 N–H and O–H groups in total. The van der Waals surface area contributed by atoms with E-state index in [1.54, 1.807) is 24.0 Å². The first-order chi connectivity index (χ1) is 8.13. The van der Waals surface area contributed by atoms with Gasteiger partial charge < -0.3 is 10.1 Å². The maximum Gasteiger partial charge on any atom is 0.320 e. The summed E-state index contributed by atoms with van der Waals surface area (Å²) in [5, 5.41) is 10.7. The van der Waals surface area contributed by atoms with Crippen molar-refractivity contribution >= 4 is 11.9 Å². The van der Waals surface area contributed by atoms with Crippen molar-refractivity contribution in [2.45, 2.75) is 6.92 Å². The van der Waals surface area contributed by atoms with Crippen LogP contribution in [-0.2, 0) is 14.3 Å². The fourth-order valence-electron chi connectivity index (χ4n) is 1.15. The molecular formula is C11H17N3O3. The zero-order valence-corrected chi connectivity index (χ0v) is 9.94. The summed E-state index contributed by atoms with van der Waals surface area (Å²) in [6, 6.07) is 1.80. The highest BCUT2D eigenvalue weighted by Crippen LogP contribution is 1.91. The molecule has 0 heterocycles. The molecule has 0 radical (unpaired) electrons. The molecule has 0 aromatic carbocycles. The van der Waals surface area contributed by atoms with Gasteiger partial charge in [-0.25, -0.2) is 0 Å². The van der Waals surface area contributed by atoms with Gasteiger partial charge in [0.1, 0.15) is 6.54 Å². The van der Waals surface area contributed by atoms with Crippen LogP contribution in [0.4, 0.5) is 0 Å². The molecule has 0 fully saturated rings. The van der Waals surface area contributed by atoms with Crippen LogP contribution in [0.3, 0.4) is 0 Å². The lowest BCUT2D eigenvalue weighted by atomic mass is 10.4. The zero-order valence-electron chi connectivity index (χ0n) is 9.94. The van der Waals surface area contributed by atoms with Crippen molar-refractivity contribution in [2.24, 2.45) is 0 Å². The van der Waals surface area contributed by atoms with Gasteiger partial charge in [-0.1, -0.05) is 6.08 Å². The van der Waals surface area contributed by atoms with Crippen molar-refractivity contribution in [2.75, 3.05) is 32.8 Å². The number of hydrogen-bond donors (Lipinski definition) is 1. The molecule has 17 heavy (non-hydrogen) atoms. The summed E-state index contributed by atoms with van der Waals surface area (Å²) in [5.41, 5.74) is 0. The number of hydrogen-bond acceptors (Lipinski definition) is 5. The van der Waals surface area contributed by atoms with Crippen LogP contribution in [0, 0.1) is 11.3 Å². The minimum absolute atomic E-state index is 0.0276. The minimum atomic E-state index is -0.387. The monoisotopic (exact) mass is 239 g/mol. The molecule has 0 rings (SSSR count). The molecule has 0 saturated carbocycles. The Bertz CT molecular complexity index is 310. The Morgan fingerprint density at radius 3 is 2.76 bits per heavy atom. The molecule has 0 atom stereocenters. The van der Waals surface area contributed by atoms with Crippen molar-refractivity contribution in [3.63, 3.8) is 0 Å². The molecular weight excluding hydrogens is 222 g/mol. The van der Waals surface area contributed by atoms with Crippen LogP contribution in [0.1, 0.15) is 6.92 Å². The lowest BCUT2D eigenvalue weighted by Crippen LogP contribution is -2.40. The van der Waals surface area contributed by atoms with Crippen molar-refractivity contribution in [3.8, 4) is 6.07 Å². The topological polar surface area (TPSA) is 82.4 Å². The Kier molecular flexibility index (Phi) is 8.33. The standard InChI is InChI=1S/C11H17N3O3/c1-3-7-14(9-11(16)17-4-2)8-10(15)13-6-5-12/h3H,1,4,6-9H2,2H3,(H,13,15). The average molecular weight is 239 g/mol. The van der Waals surface area contributed by atoms with E-state index in [2.05, 4.69) is 11.9 Å². The predicted molar refractivity (Wildman–Crippen MR) is 61.9 cm³/mol. The highest BCUT2D eigenvalue weighted by Gasteiger charge is 2.13. The lowest BCUT2D eigenvalue weighted by molar-refractivity contribution is -0.144. The number of nitrogens with one attached hydrogen (secondary N) is 1. The highest BCUT2D eigenvalue weighted by molar-refractivity contribution is 5.79. The quantitative estimate of drug-likeness (QED) is 0.356. The van der Waals surface area contributed by atoms with Crippen LogP contribution in [0.5, 0.6) is 0 Å². The van der Waals surface area contributed by atoms with E-state index in [-0.39, 0.29) is 31.5 Å². The van der Waals surface area contributed by atoms with E-state index in [0.29, 0.717) is 13.2 Å². The van der Waals surface area contributed by atoms with Gasteiger partial charge in [-0.15, -0.1) is 6.58 Å². The summed E-state index contributed by atoms with van der Waals surface area (Å²) in [4.78, 5) is 24.2. The van der Waals surface area contributed by atoms with Gasteiger partial charge in [-0.3, -0.25) is 14.5 Å². The number of nitrogens with zero attached hydrogens (tertiary/aromatic N) is 2. The Morgan fingerprint density at radius 1 is 1.53 bits per heavy atom. The second-order valence-corrected chi connectivity index (χ2v) is 3.20. The summed E-state index contributed by atoms with van der Waals surface area (Å²) < 4.78 is 4.78. The van der Waals surface area contributed by atoms with Crippen LogP contribution < -0.4 is 5.32 Å². The van der Waals surface area contributed by atoms with Gasteiger partial charge in [-0.2, -0.15) is 5.26 Å². The second-order valence-electron chi connectivity index (χ2n) is 3.20. The number of esters is 1. The third-order valence-electron chi connectivity index (χ3n) is 1.78. The zero-order chi connectivity index (χ0) is 13.1. The molecule has 0 aliphatic rings. The molecule has 6 heteroatoms. The summed E-state index contributed by atoms with van der Waals surface area (Å²) in [6.45, 7) is 5.99. The van der Waals surface area contributed by atoms with E-state index < -0.39 is 0 Å². The molecule has 0 unspecified atom stereocenters. The van der Waals surface area contributed by atoms with Crippen molar-refractivity contribution in [1.82, 2.24) is 10.2 Å². The van der Waals surface area contributed by atoms with Crippen LogP contribution >= 0.6 is 0 Å². The Balaban J connectivity index is 4.14. The molecule has 0 saturated heterocycles. The van der Waals surface area contributed by atoms with Crippen LogP contribution in [-0.4, -0.2) is 49.6 Å². The van der Waals surface area contributed by atoms with Gasteiger partial charge in [-0.05, 0) is 6.92 Å². The number of nitriles is 1. The molecule has 1 amide bonds. The van der Waals surface area contributed by atoms with E-state index in [1.165, 1.54) is 0 Å². The third-order valence-corrected chi connectivity index (χ3v) is 1.78. The summed E-state index contributed by atoms with van der Waals surface area (Å²) in [7, 11) is 0. The van der Waals surface area contributed by atoms with E-state index in [1.807, 2.05) is 0 Å². The number of carbonyl (C=O) groups is 2.